The molecule has 3 N–H and O–H groups in total. The lowest BCUT2D eigenvalue weighted by Gasteiger charge is -2.14. The van der Waals surface area contributed by atoms with Crippen LogP contribution in [0.3, 0.4) is 0 Å². The number of hydrogen-bond donors (Lipinski definition) is 2. The summed E-state index contributed by atoms with van der Waals surface area (Å²) in [6.07, 6.45) is 0.0385. The number of hydrazine groups is 1. The molecule has 148 valence electrons. The molecule has 0 unspecified atom stereocenters. The number of nitrogens with two attached hydrogens (primary N) is 1. The van der Waals surface area contributed by atoms with Gasteiger partial charge in [0.05, 0.1) is 24.9 Å². The largest absolute Gasteiger partial charge is 0.497 e. The fourth-order valence-corrected chi connectivity index (χ4v) is 3.54. The van der Waals surface area contributed by atoms with Crippen LogP contribution in [0.1, 0.15) is 35.2 Å². The maximum Gasteiger partial charge on any atom is 0.236 e. The Bertz CT molecular complexity index is 1110. The molecule has 2 aromatic carbocycles. The average molecular weight is 411 g/mol. The normalized spacial score (nSPS) is 15.0. The molecule has 0 saturated carbocycles. The maximum absolute atomic E-state index is 12.1. The van der Waals surface area contributed by atoms with Crippen LogP contribution in [-0.2, 0) is 4.79 Å². The molecule has 1 aromatic heterocycles. The highest BCUT2D eigenvalue weighted by atomic mass is 35.5. The highest BCUT2D eigenvalue weighted by molar-refractivity contribution is 6.30. The summed E-state index contributed by atoms with van der Waals surface area (Å²) in [5.41, 5.74) is 5.43. The lowest BCUT2D eigenvalue weighted by atomic mass is 10.00. The zero-order chi connectivity index (χ0) is 20.5. The van der Waals surface area contributed by atoms with E-state index in [1.165, 1.54) is 0 Å². The van der Waals surface area contributed by atoms with Gasteiger partial charge >= 0.3 is 0 Å². The average Bonchev–Trinajstić information content (AvgIpc) is 3.06. The maximum atomic E-state index is 12.1. The number of ether oxygens (including phenoxy) is 1. The van der Waals surface area contributed by atoms with Gasteiger partial charge in [-0.1, -0.05) is 23.7 Å². The summed E-state index contributed by atoms with van der Waals surface area (Å²) >= 11 is 6.07. The van der Waals surface area contributed by atoms with E-state index in [1.807, 2.05) is 41.8 Å². The van der Waals surface area contributed by atoms with Crippen molar-refractivity contribution in [2.75, 3.05) is 7.11 Å². The van der Waals surface area contributed by atoms with Crippen LogP contribution in [0.2, 0.25) is 5.02 Å². The molecule has 3 aromatic rings. The van der Waals surface area contributed by atoms with Crippen molar-refractivity contribution in [3.05, 3.63) is 70.3 Å². The predicted octanol–water partition coefficient (Wildman–Crippen LogP) is 2.51. The van der Waals surface area contributed by atoms with Crippen molar-refractivity contribution in [1.82, 2.24) is 20.2 Å². The first-order valence-electron chi connectivity index (χ1n) is 8.95. The lowest BCUT2D eigenvalue weighted by molar-refractivity contribution is -0.121. The number of aromatic nitrogens is 3. The highest BCUT2D eigenvalue weighted by Gasteiger charge is 2.29. The van der Waals surface area contributed by atoms with Gasteiger partial charge in [0.2, 0.25) is 5.91 Å². The molecule has 1 amide bonds. The molecule has 29 heavy (non-hydrogen) atoms. The number of halogens is 1. The summed E-state index contributed by atoms with van der Waals surface area (Å²) in [5.74, 6) is 6.93. The molecule has 0 fully saturated rings. The second-order valence-electron chi connectivity index (χ2n) is 6.60. The van der Waals surface area contributed by atoms with Gasteiger partial charge in [0, 0.05) is 16.1 Å². The Morgan fingerprint density at radius 2 is 2.00 bits per heavy atom. The molecule has 0 radical (unpaired) electrons. The van der Waals surface area contributed by atoms with E-state index in [2.05, 4.69) is 15.6 Å². The van der Waals surface area contributed by atoms with E-state index in [-0.39, 0.29) is 12.3 Å². The number of carbonyl (C=O) groups is 1. The number of methoxy groups -OCH3 is 1. The van der Waals surface area contributed by atoms with Crippen LogP contribution in [0.5, 0.6) is 5.75 Å². The molecule has 0 aliphatic carbocycles. The molecule has 1 aliphatic rings. The smallest absolute Gasteiger partial charge is 0.236 e. The first-order chi connectivity index (χ1) is 14.0. The van der Waals surface area contributed by atoms with Gasteiger partial charge in [-0.15, -0.1) is 10.2 Å². The van der Waals surface area contributed by atoms with Gasteiger partial charge < -0.3 is 4.74 Å². The lowest BCUT2D eigenvalue weighted by Crippen LogP contribution is -2.31. The van der Waals surface area contributed by atoms with Crippen molar-refractivity contribution in [2.45, 2.75) is 19.4 Å². The number of aliphatic imine (C=N–C) groups is 1. The number of amides is 1. The van der Waals surface area contributed by atoms with E-state index in [1.54, 1.807) is 19.2 Å². The van der Waals surface area contributed by atoms with Crippen LogP contribution in [0.15, 0.2) is 47.5 Å². The van der Waals surface area contributed by atoms with Gasteiger partial charge in [0.15, 0.2) is 5.82 Å². The molecule has 0 spiro atoms. The second-order valence-corrected chi connectivity index (χ2v) is 7.03. The van der Waals surface area contributed by atoms with Crippen LogP contribution in [0.4, 0.5) is 0 Å². The van der Waals surface area contributed by atoms with Gasteiger partial charge in [-0.2, -0.15) is 0 Å². The summed E-state index contributed by atoms with van der Waals surface area (Å²) in [7, 11) is 1.61. The Balaban J connectivity index is 1.99. The van der Waals surface area contributed by atoms with Crippen LogP contribution in [0.25, 0.3) is 5.69 Å². The van der Waals surface area contributed by atoms with E-state index in [0.717, 1.165) is 16.8 Å². The third-order valence-corrected chi connectivity index (χ3v) is 5.04. The fourth-order valence-electron chi connectivity index (χ4n) is 3.41. The zero-order valence-corrected chi connectivity index (χ0v) is 16.6. The summed E-state index contributed by atoms with van der Waals surface area (Å²) in [6, 6.07) is 12.5. The van der Waals surface area contributed by atoms with Crippen molar-refractivity contribution < 1.29 is 9.53 Å². The zero-order valence-electron chi connectivity index (χ0n) is 15.9. The molecular formula is C20H19ClN6O2. The summed E-state index contributed by atoms with van der Waals surface area (Å²) in [6.45, 7) is 1.86. The molecule has 4 rings (SSSR count). The molecule has 9 heteroatoms. The van der Waals surface area contributed by atoms with Gasteiger partial charge in [-0.25, -0.2) is 5.84 Å². The first kappa shape index (κ1) is 19.1. The van der Waals surface area contributed by atoms with Crippen LogP contribution in [-0.4, -0.2) is 33.5 Å². The molecule has 1 aliphatic heterocycles. The number of benzene rings is 2. The third-order valence-electron chi connectivity index (χ3n) is 4.79. The topological polar surface area (TPSA) is 107 Å². The number of hydrogen-bond acceptors (Lipinski definition) is 6. The van der Waals surface area contributed by atoms with Crippen molar-refractivity contribution in [3.8, 4) is 11.4 Å². The monoisotopic (exact) mass is 410 g/mol. The third kappa shape index (κ3) is 3.48. The molecule has 0 saturated heterocycles. The summed E-state index contributed by atoms with van der Waals surface area (Å²) in [5, 5.41) is 9.13. The minimum atomic E-state index is -0.566. The Hall–Kier alpha value is -3.23. The molecule has 0 bridgehead atoms. The number of nitrogens with zero attached hydrogens (tertiary/aromatic N) is 4. The Morgan fingerprint density at radius 1 is 1.24 bits per heavy atom. The fraction of sp³-hybridized carbons (Fsp3) is 0.200. The predicted molar refractivity (Wildman–Crippen MR) is 109 cm³/mol. The molecule has 8 nitrogen and oxygen atoms in total. The van der Waals surface area contributed by atoms with Crippen molar-refractivity contribution in [2.24, 2.45) is 10.8 Å². The number of carbonyl (C=O) groups excluding carboxylic acids is 1. The minimum Gasteiger partial charge on any atom is -0.497 e. The minimum absolute atomic E-state index is 0.0385. The SMILES string of the molecule is COc1ccc2c(c1)C(c1ccc(Cl)cc1)=N[C@@H](CC(=O)NN)c1nnc(C)n1-2. The van der Waals surface area contributed by atoms with Crippen LogP contribution < -0.4 is 16.0 Å². The van der Waals surface area contributed by atoms with Crippen LogP contribution in [0, 0.1) is 6.92 Å². The summed E-state index contributed by atoms with van der Waals surface area (Å²) < 4.78 is 7.35. The van der Waals surface area contributed by atoms with Crippen molar-refractivity contribution in [1.29, 1.82) is 0 Å². The van der Waals surface area contributed by atoms with E-state index in [4.69, 9.17) is 27.2 Å². The van der Waals surface area contributed by atoms with Gasteiger partial charge in [0.1, 0.15) is 17.6 Å². The number of aryl methyl sites for hydroxylation is 1. The quantitative estimate of drug-likeness (QED) is 0.390. The highest BCUT2D eigenvalue weighted by Crippen LogP contribution is 2.34. The number of rotatable bonds is 4. The van der Waals surface area contributed by atoms with E-state index in [9.17, 15) is 4.79 Å². The number of fused-ring (bicyclic) bond motifs is 3. The van der Waals surface area contributed by atoms with Crippen molar-refractivity contribution >= 4 is 23.2 Å². The van der Waals surface area contributed by atoms with Gasteiger partial charge in [0.25, 0.3) is 0 Å². The molecule has 1 atom stereocenters. The first-order valence-corrected chi connectivity index (χ1v) is 9.33. The standard InChI is InChI=1S/C20H19ClN6O2/c1-11-25-26-20-16(10-18(28)24-22)23-19(12-3-5-13(21)6-4-12)15-9-14(29-2)7-8-17(15)27(11)20/h3-9,16H,10,22H2,1-2H3,(H,24,28)/t16-/m0/s1. The Labute approximate surface area is 172 Å². The summed E-state index contributed by atoms with van der Waals surface area (Å²) in [4.78, 5) is 17.0. The second kappa shape index (κ2) is 7.65. The van der Waals surface area contributed by atoms with Crippen LogP contribution >= 0.6 is 11.6 Å². The molecular weight excluding hydrogens is 392 g/mol. The van der Waals surface area contributed by atoms with Gasteiger partial charge in [-0.3, -0.25) is 19.8 Å². The molecule has 2 heterocycles. The Morgan fingerprint density at radius 3 is 2.69 bits per heavy atom. The Kier molecular flexibility index (Phi) is 5.04. The van der Waals surface area contributed by atoms with Crippen molar-refractivity contribution in [3.63, 3.8) is 0 Å². The van der Waals surface area contributed by atoms with Gasteiger partial charge in [-0.05, 0) is 37.3 Å². The number of nitrogens with one attached hydrogen (secondary N) is 1. The van der Waals surface area contributed by atoms with E-state index >= 15 is 0 Å². The van der Waals surface area contributed by atoms with E-state index < -0.39 is 6.04 Å². The van der Waals surface area contributed by atoms with E-state index in [0.29, 0.717) is 28.1 Å².